The Balaban J connectivity index is 1.81. The van der Waals surface area contributed by atoms with Gasteiger partial charge in [-0.05, 0) is 26.0 Å². The number of likely N-dealkylation sites (N-methyl/N-ethyl adjacent to an activating group) is 1. The van der Waals surface area contributed by atoms with E-state index in [1.54, 1.807) is 6.92 Å². The van der Waals surface area contributed by atoms with E-state index in [1.165, 1.54) is 24.2 Å². The number of alkyl halides is 3. The van der Waals surface area contributed by atoms with Gasteiger partial charge in [-0.1, -0.05) is 0 Å². The van der Waals surface area contributed by atoms with Crippen molar-refractivity contribution in [1.29, 1.82) is 0 Å². The summed E-state index contributed by atoms with van der Waals surface area (Å²) in [5.74, 6) is -5.18. The van der Waals surface area contributed by atoms with E-state index in [2.05, 4.69) is 15.2 Å². The number of amides is 1. The number of carbonyl (C=O) groups excluding carboxylic acids is 1. The van der Waals surface area contributed by atoms with Crippen LogP contribution in [0.25, 0.3) is 5.69 Å². The van der Waals surface area contributed by atoms with Gasteiger partial charge in [-0.3, -0.25) is 4.79 Å². The van der Waals surface area contributed by atoms with Crippen LogP contribution in [0.4, 0.5) is 26.3 Å². The summed E-state index contributed by atoms with van der Waals surface area (Å²) in [6.07, 6.45) is -1.77. The standard InChI is InChI=1S/C20H17F6N5O2/c1-3-30(11(2)10-33-18-16(23)6-12(9-27-18)20(24,25)26)19(32)13-7-14(21)15(22)8-17(13)31-28-4-5-29-31/h4-9,11H,3,10H2,1-2H3. The number of benzene rings is 1. The van der Waals surface area contributed by atoms with Crippen molar-refractivity contribution in [3.8, 4) is 11.6 Å². The van der Waals surface area contributed by atoms with Crippen LogP contribution in [0.2, 0.25) is 0 Å². The van der Waals surface area contributed by atoms with Crippen molar-refractivity contribution in [3.05, 3.63) is 65.4 Å². The lowest BCUT2D eigenvalue weighted by atomic mass is 10.1. The molecule has 1 aromatic carbocycles. The summed E-state index contributed by atoms with van der Waals surface area (Å²) >= 11 is 0. The zero-order chi connectivity index (χ0) is 24.3. The van der Waals surface area contributed by atoms with Crippen molar-refractivity contribution in [2.45, 2.75) is 26.1 Å². The zero-order valence-corrected chi connectivity index (χ0v) is 17.3. The number of ether oxygens (including phenoxy) is 1. The number of nitrogens with zero attached hydrogens (tertiary/aromatic N) is 5. The highest BCUT2D eigenvalue weighted by Gasteiger charge is 2.32. The van der Waals surface area contributed by atoms with Crippen LogP contribution in [-0.4, -0.2) is 50.0 Å². The summed E-state index contributed by atoms with van der Waals surface area (Å²) in [6, 6.07) is 0.987. The van der Waals surface area contributed by atoms with E-state index >= 15 is 0 Å². The number of hydrogen-bond donors (Lipinski definition) is 0. The molecule has 0 bridgehead atoms. The molecule has 0 spiro atoms. The first-order valence-corrected chi connectivity index (χ1v) is 9.55. The predicted octanol–water partition coefficient (Wildman–Crippen LogP) is 4.03. The van der Waals surface area contributed by atoms with E-state index < -0.39 is 47.0 Å². The lowest BCUT2D eigenvalue weighted by Crippen LogP contribution is -2.42. The molecular formula is C20H17F6N5O2. The molecule has 3 rings (SSSR count). The lowest BCUT2D eigenvalue weighted by Gasteiger charge is -2.28. The average Bonchev–Trinajstić information content (AvgIpc) is 3.29. The molecule has 33 heavy (non-hydrogen) atoms. The summed E-state index contributed by atoms with van der Waals surface area (Å²) in [5.41, 5.74) is -1.62. The van der Waals surface area contributed by atoms with E-state index in [9.17, 15) is 31.1 Å². The second kappa shape index (κ2) is 9.46. The summed E-state index contributed by atoms with van der Waals surface area (Å²) in [6.45, 7) is 2.89. The second-order valence-corrected chi connectivity index (χ2v) is 6.86. The molecule has 3 aromatic rings. The van der Waals surface area contributed by atoms with Crippen LogP contribution in [0.1, 0.15) is 29.8 Å². The van der Waals surface area contributed by atoms with Gasteiger partial charge in [0, 0.05) is 18.8 Å². The van der Waals surface area contributed by atoms with Gasteiger partial charge < -0.3 is 9.64 Å². The van der Waals surface area contributed by atoms with E-state index in [1.807, 2.05) is 0 Å². The largest absolute Gasteiger partial charge is 0.473 e. The molecule has 0 radical (unpaired) electrons. The molecular weight excluding hydrogens is 456 g/mol. The highest BCUT2D eigenvalue weighted by molar-refractivity contribution is 5.98. The van der Waals surface area contributed by atoms with Gasteiger partial charge in [0.25, 0.3) is 5.91 Å². The smallest absolute Gasteiger partial charge is 0.417 e. The Morgan fingerprint density at radius 3 is 2.30 bits per heavy atom. The Morgan fingerprint density at radius 1 is 1.09 bits per heavy atom. The van der Waals surface area contributed by atoms with Crippen molar-refractivity contribution in [1.82, 2.24) is 24.9 Å². The minimum Gasteiger partial charge on any atom is -0.473 e. The molecule has 2 aromatic heterocycles. The predicted molar refractivity (Wildman–Crippen MR) is 102 cm³/mol. The van der Waals surface area contributed by atoms with Crippen LogP contribution in [0, 0.1) is 17.5 Å². The fourth-order valence-electron chi connectivity index (χ4n) is 3.00. The third kappa shape index (κ3) is 5.23. The number of rotatable bonds is 7. The van der Waals surface area contributed by atoms with E-state index in [-0.39, 0.29) is 30.5 Å². The molecule has 13 heteroatoms. The Bertz CT molecular complexity index is 1140. The van der Waals surface area contributed by atoms with Crippen molar-refractivity contribution in [2.75, 3.05) is 13.2 Å². The maximum atomic E-state index is 14.0. The fourth-order valence-corrected chi connectivity index (χ4v) is 3.00. The second-order valence-electron chi connectivity index (χ2n) is 6.86. The average molecular weight is 473 g/mol. The van der Waals surface area contributed by atoms with Gasteiger partial charge in [0.1, 0.15) is 12.3 Å². The highest BCUT2D eigenvalue weighted by Crippen LogP contribution is 2.30. The summed E-state index contributed by atoms with van der Waals surface area (Å²) in [7, 11) is 0. The minimum atomic E-state index is -4.77. The molecule has 176 valence electrons. The molecule has 0 fully saturated rings. The third-order valence-electron chi connectivity index (χ3n) is 4.63. The molecule has 0 aliphatic heterocycles. The Labute approximate surface area is 183 Å². The van der Waals surface area contributed by atoms with Crippen molar-refractivity contribution in [2.24, 2.45) is 0 Å². The maximum Gasteiger partial charge on any atom is 0.417 e. The highest BCUT2D eigenvalue weighted by atomic mass is 19.4. The van der Waals surface area contributed by atoms with E-state index in [0.717, 1.165) is 10.9 Å². The van der Waals surface area contributed by atoms with E-state index in [4.69, 9.17) is 4.74 Å². The Hall–Kier alpha value is -3.64. The first-order chi connectivity index (χ1) is 15.5. The van der Waals surface area contributed by atoms with Gasteiger partial charge in [0.2, 0.25) is 5.88 Å². The number of carbonyl (C=O) groups is 1. The van der Waals surface area contributed by atoms with Gasteiger partial charge >= 0.3 is 6.18 Å². The molecule has 1 atom stereocenters. The van der Waals surface area contributed by atoms with Crippen LogP contribution in [-0.2, 0) is 6.18 Å². The van der Waals surface area contributed by atoms with Crippen LogP contribution in [0.15, 0.2) is 36.8 Å². The van der Waals surface area contributed by atoms with Crippen LogP contribution in [0.3, 0.4) is 0 Å². The molecule has 0 N–H and O–H groups in total. The third-order valence-corrected chi connectivity index (χ3v) is 4.63. The summed E-state index contributed by atoms with van der Waals surface area (Å²) in [4.78, 5) is 18.6. The SMILES string of the molecule is CCN(C(=O)c1cc(F)c(F)cc1-n1nccn1)C(C)COc1ncc(C(F)(F)F)cc1F. The number of halogens is 6. The summed E-state index contributed by atoms with van der Waals surface area (Å²) in [5, 5.41) is 7.66. The maximum absolute atomic E-state index is 14.0. The van der Waals surface area contributed by atoms with Gasteiger partial charge in [0.15, 0.2) is 17.5 Å². The fraction of sp³-hybridized carbons (Fsp3) is 0.300. The molecule has 1 unspecified atom stereocenters. The molecule has 0 aliphatic rings. The molecule has 2 heterocycles. The first-order valence-electron chi connectivity index (χ1n) is 9.55. The van der Waals surface area contributed by atoms with Crippen molar-refractivity contribution < 1.29 is 35.9 Å². The van der Waals surface area contributed by atoms with Gasteiger partial charge in [-0.25, -0.2) is 18.2 Å². The quantitative estimate of drug-likeness (QED) is 0.485. The zero-order valence-electron chi connectivity index (χ0n) is 17.3. The normalized spacial score (nSPS) is 12.5. The Morgan fingerprint density at radius 2 is 1.73 bits per heavy atom. The van der Waals surface area contributed by atoms with Crippen LogP contribution >= 0.6 is 0 Å². The molecule has 7 nitrogen and oxygen atoms in total. The number of aromatic nitrogens is 4. The van der Waals surface area contributed by atoms with Crippen LogP contribution in [0.5, 0.6) is 5.88 Å². The first kappa shape index (κ1) is 24.0. The van der Waals surface area contributed by atoms with Crippen LogP contribution < -0.4 is 4.74 Å². The van der Waals surface area contributed by atoms with Crippen molar-refractivity contribution in [3.63, 3.8) is 0 Å². The molecule has 0 aliphatic carbocycles. The number of pyridine rings is 1. The topological polar surface area (TPSA) is 73.1 Å². The molecule has 1 amide bonds. The van der Waals surface area contributed by atoms with Gasteiger partial charge in [-0.2, -0.15) is 28.2 Å². The van der Waals surface area contributed by atoms with E-state index in [0.29, 0.717) is 12.3 Å². The Kier molecular flexibility index (Phi) is 6.89. The van der Waals surface area contributed by atoms with Crippen molar-refractivity contribution >= 4 is 5.91 Å². The van der Waals surface area contributed by atoms with Gasteiger partial charge in [0.05, 0.1) is 29.6 Å². The molecule has 0 saturated heterocycles. The van der Waals surface area contributed by atoms with Gasteiger partial charge in [-0.15, -0.1) is 0 Å². The lowest BCUT2D eigenvalue weighted by molar-refractivity contribution is -0.138. The monoisotopic (exact) mass is 473 g/mol. The molecule has 0 saturated carbocycles. The minimum absolute atomic E-state index is 0.0945. The number of hydrogen-bond acceptors (Lipinski definition) is 5. The summed E-state index contributed by atoms with van der Waals surface area (Å²) < 4.78 is 84.8.